The van der Waals surface area contributed by atoms with Crippen LogP contribution in [-0.2, 0) is 0 Å². The van der Waals surface area contributed by atoms with Gasteiger partial charge in [-0.15, -0.1) is 0 Å². The van der Waals surface area contributed by atoms with E-state index in [-0.39, 0.29) is 5.60 Å². The molecule has 0 heterocycles. The van der Waals surface area contributed by atoms with Crippen LogP contribution in [0.1, 0.15) is 51.4 Å². The van der Waals surface area contributed by atoms with Crippen LogP contribution in [0.2, 0.25) is 0 Å². The Bertz CT molecular complexity index is 207. The molecule has 0 amide bonds. The lowest BCUT2D eigenvalue weighted by Crippen LogP contribution is -2.31. The monoisotopic (exact) mass is 180 g/mol. The molecule has 0 aromatic rings. The van der Waals surface area contributed by atoms with E-state index in [9.17, 15) is 5.11 Å². The largest absolute Gasteiger partial charge is 0.390 e. The van der Waals surface area contributed by atoms with E-state index in [1.807, 2.05) is 0 Å². The lowest BCUT2D eigenvalue weighted by atomic mass is 9.85. The van der Waals surface area contributed by atoms with Gasteiger partial charge in [0, 0.05) is 0 Å². The summed E-state index contributed by atoms with van der Waals surface area (Å²) in [6.45, 7) is 0. The Labute approximate surface area is 80.5 Å². The molecule has 3 aliphatic rings. The lowest BCUT2D eigenvalue weighted by molar-refractivity contribution is 0.00164. The number of aliphatic hydroxyl groups is 1. The van der Waals surface area contributed by atoms with Gasteiger partial charge in [0.25, 0.3) is 0 Å². The Balaban J connectivity index is 1.63. The van der Waals surface area contributed by atoms with E-state index in [0.29, 0.717) is 5.92 Å². The first-order valence-corrected chi connectivity index (χ1v) is 6.00. The first kappa shape index (κ1) is 8.28. The number of rotatable bonds is 2. The van der Waals surface area contributed by atoms with E-state index in [4.69, 9.17) is 0 Å². The third-order valence-electron chi connectivity index (χ3n) is 4.68. The van der Waals surface area contributed by atoms with Crippen molar-refractivity contribution in [1.82, 2.24) is 0 Å². The molecule has 0 aromatic carbocycles. The molecule has 3 atom stereocenters. The Hall–Kier alpha value is -0.0400. The normalized spacial score (nSPS) is 49.6. The molecule has 0 aliphatic heterocycles. The van der Waals surface area contributed by atoms with E-state index in [2.05, 4.69) is 0 Å². The van der Waals surface area contributed by atoms with Crippen LogP contribution in [-0.4, -0.2) is 10.7 Å². The van der Waals surface area contributed by atoms with Gasteiger partial charge in [0.15, 0.2) is 0 Å². The average Bonchev–Trinajstić information content (AvgIpc) is 2.63. The summed E-state index contributed by atoms with van der Waals surface area (Å²) in [6.07, 6.45) is 10.5. The van der Waals surface area contributed by atoms with Crippen LogP contribution in [0.3, 0.4) is 0 Å². The smallest absolute Gasteiger partial charge is 0.0681 e. The van der Waals surface area contributed by atoms with Crippen molar-refractivity contribution >= 4 is 0 Å². The standard InChI is InChI=1S/C12H20O/c13-12(6-5-10-7-11(10)12)8-9-3-1-2-4-9/h9-11,13H,1-8H2. The van der Waals surface area contributed by atoms with Crippen molar-refractivity contribution in [1.29, 1.82) is 0 Å². The van der Waals surface area contributed by atoms with Crippen molar-refractivity contribution < 1.29 is 5.11 Å². The molecule has 74 valence electrons. The molecule has 3 fully saturated rings. The van der Waals surface area contributed by atoms with Gasteiger partial charge in [-0.1, -0.05) is 25.7 Å². The lowest BCUT2D eigenvalue weighted by Gasteiger charge is -2.27. The molecule has 1 nitrogen and oxygen atoms in total. The molecule has 3 rings (SSSR count). The van der Waals surface area contributed by atoms with Crippen molar-refractivity contribution in [3.63, 3.8) is 0 Å². The molecule has 3 unspecified atom stereocenters. The van der Waals surface area contributed by atoms with Crippen LogP contribution < -0.4 is 0 Å². The van der Waals surface area contributed by atoms with Gasteiger partial charge in [0.1, 0.15) is 0 Å². The summed E-state index contributed by atoms with van der Waals surface area (Å²) in [5.74, 6) is 2.50. The number of hydrogen-bond donors (Lipinski definition) is 1. The van der Waals surface area contributed by atoms with E-state index < -0.39 is 0 Å². The number of fused-ring (bicyclic) bond motifs is 1. The van der Waals surface area contributed by atoms with Gasteiger partial charge in [0.05, 0.1) is 5.60 Å². The maximum absolute atomic E-state index is 10.5. The molecular formula is C12H20O. The minimum Gasteiger partial charge on any atom is -0.390 e. The highest BCUT2D eigenvalue weighted by atomic mass is 16.3. The maximum Gasteiger partial charge on any atom is 0.0681 e. The molecule has 0 spiro atoms. The zero-order valence-electron chi connectivity index (χ0n) is 8.34. The van der Waals surface area contributed by atoms with Gasteiger partial charge >= 0.3 is 0 Å². The highest BCUT2D eigenvalue weighted by Crippen LogP contribution is 2.59. The molecule has 1 N–H and O–H groups in total. The summed E-state index contributed by atoms with van der Waals surface area (Å²) in [7, 11) is 0. The Morgan fingerprint density at radius 3 is 2.46 bits per heavy atom. The molecule has 0 saturated heterocycles. The van der Waals surface area contributed by atoms with E-state index in [1.54, 1.807) is 0 Å². The minimum absolute atomic E-state index is 0.209. The molecule has 0 aromatic heterocycles. The van der Waals surface area contributed by atoms with Gasteiger partial charge in [-0.2, -0.15) is 0 Å². The zero-order chi connectivity index (χ0) is 8.89. The van der Waals surface area contributed by atoms with E-state index >= 15 is 0 Å². The summed E-state index contributed by atoms with van der Waals surface area (Å²) in [5.41, 5.74) is -0.209. The fourth-order valence-corrected chi connectivity index (χ4v) is 3.81. The van der Waals surface area contributed by atoms with Gasteiger partial charge in [0.2, 0.25) is 0 Å². The first-order valence-electron chi connectivity index (χ1n) is 6.00. The molecule has 0 bridgehead atoms. The van der Waals surface area contributed by atoms with Gasteiger partial charge < -0.3 is 5.11 Å². The first-order chi connectivity index (χ1) is 6.28. The quantitative estimate of drug-likeness (QED) is 0.692. The van der Waals surface area contributed by atoms with Gasteiger partial charge in [-0.3, -0.25) is 0 Å². The Kier molecular flexibility index (Phi) is 1.74. The van der Waals surface area contributed by atoms with E-state index in [0.717, 1.165) is 24.7 Å². The van der Waals surface area contributed by atoms with Crippen LogP contribution in [0.5, 0.6) is 0 Å². The average molecular weight is 180 g/mol. The SMILES string of the molecule is OC1(CC2CCCC2)CCC2CC21. The fourth-order valence-electron chi connectivity index (χ4n) is 3.81. The summed E-state index contributed by atoms with van der Waals surface area (Å²) < 4.78 is 0. The van der Waals surface area contributed by atoms with Crippen LogP contribution >= 0.6 is 0 Å². The third kappa shape index (κ3) is 1.32. The molecule has 1 heteroatoms. The van der Waals surface area contributed by atoms with Crippen LogP contribution in [0.25, 0.3) is 0 Å². The summed E-state index contributed by atoms with van der Waals surface area (Å²) in [5, 5.41) is 10.5. The van der Waals surface area contributed by atoms with E-state index in [1.165, 1.54) is 38.5 Å². The molecule has 3 saturated carbocycles. The topological polar surface area (TPSA) is 20.2 Å². The summed E-state index contributed by atoms with van der Waals surface area (Å²) in [6, 6.07) is 0. The van der Waals surface area contributed by atoms with Crippen molar-refractivity contribution in [2.24, 2.45) is 17.8 Å². The van der Waals surface area contributed by atoms with Crippen LogP contribution in [0, 0.1) is 17.8 Å². The van der Waals surface area contributed by atoms with Crippen molar-refractivity contribution in [3.8, 4) is 0 Å². The van der Waals surface area contributed by atoms with Crippen LogP contribution in [0.4, 0.5) is 0 Å². The molecule has 3 aliphatic carbocycles. The second-order valence-electron chi connectivity index (χ2n) is 5.60. The predicted octanol–water partition coefficient (Wildman–Crippen LogP) is 2.73. The highest BCUT2D eigenvalue weighted by molar-refractivity contribution is 5.08. The molecule has 0 radical (unpaired) electrons. The number of hydrogen-bond acceptors (Lipinski definition) is 1. The summed E-state index contributed by atoms with van der Waals surface area (Å²) >= 11 is 0. The summed E-state index contributed by atoms with van der Waals surface area (Å²) in [4.78, 5) is 0. The predicted molar refractivity (Wildman–Crippen MR) is 52.4 cm³/mol. The highest BCUT2D eigenvalue weighted by Gasteiger charge is 2.57. The Morgan fingerprint density at radius 2 is 1.92 bits per heavy atom. The second-order valence-corrected chi connectivity index (χ2v) is 5.60. The minimum atomic E-state index is -0.209. The fraction of sp³-hybridized carbons (Fsp3) is 1.00. The van der Waals surface area contributed by atoms with Crippen molar-refractivity contribution in [2.45, 2.75) is 57.0 Å². The van der Waals surface area contributed by atoms with Crippen LogP contribution in [0.15, 0.2) is 0 Å². The zero-order valence-corrected chi connectivity index (χ0v) is 8.34. The second kappa shape index (κ2) is 2.73. The Morgan fingerprint density at radius 1 is 1.15 bits per heavy atom. The maximum atomic E-state index is 10.5. The van der Waals surface area contributed by atoms with Crippen molar-refractivity contribution in [2.75, 3.05) is 0 Å². The van der Waals surface area contributed by atoms with Crippen molar-refractivity contribution in [3.05, 3.63) is 0 Å². The van der Waals surface area contributed by atoms with Gasteiger partial charge in [-0.05, 0) is 43.4 Å². The van der Waals surface area contributed by atoms with Gasteiger partial charge in [-0.25, -0.2) is 0 Å². The molecular weight excluding hydrogens is 160 g/mol. The third-order valence-corrected chi connectivity index (χ3v) is 4.68. The molecule has 13 heavy (non-hydrogen) atoms.